The molecule has 2 bridgehead atoms. The summed E-state index contributed by atoms with van der Waals surface area (Å²) in [5.41, 5.74) is -2.97. The minimum Gasteiger partial charge on any atom is -0.459 e. The van der Waals surface area contributed by atoms with Crippen LogP contribution in [0.15, 0.2) is 17.3 Å². The van der Waals surface area contributed by atoms with E-state index in [0.29, 0.717) is 17.7 Å². The predicted molar refractivity (Wildman–Crippen MR) is 231 cm³/mol. The molecule has 4 aliphatic rings. The summed E-state index contributed by atoms with van der Waals surface area (Å²) in [5, 5.41) is 17.0. The average Bonchev–Trinajstić information content (AvgIpc) is 3.20. The molecule has 4 fully saturated rings. The van der Waals surface area contributed by atoms with Gasteiger partial charge < -0.3 is 62.2 Å². The fourth-order valence-electron chi connectivity index (χ4n) is 10.4. The lowest BCUT2D eigenvalue weighted by Gasteiger charge is -2.50. The minimum absolute atomic E-state index is 0.00660. The number of rotatable bonds is 10. The van der Waals surface area contributed by atoms with Crippen LogP contribution in [-0.4, -0.2) is 159 Å². The van der Waals surface area contributed by atoms with Crippen molar-refractivity contribution in [3.63, 3.8) is 0 Å². The average molecular weight is 899 g/mol. The van der Waals surface area contributed by atoms with Gasteiger partial charge in [0.2, 0.25) is 0 Å². The summed E-state index contributed by atoms with van der Waals surface area (Å²) in [6.45, 7) is 25.3. The van der Waals surface area contributed by atoms with Gasteiger partial charge in [-0.2, -0.15) is 0 Å². The first-order valence-corrected chi connectivity index (χ1v) is 22.5. The molecule has 4 saturated heterocycles. The zero-order valence-electron chi connectivity index (χ0n) is 40.7. The van der Waals surface area contributed by atoms with E-state index in [1.165, 1.54) is 13.8 Å². The third kappa shape index (κ3) is 12.3. The Morgan fingerprint density at radius 2 is 1.59 bits per heavy atom. The van der Waals surface area contributed by atoms with E-state index >= 15 is 0 Å². The first-order valence-electron chi connectivity index (χ1n) is 22.5. The Labute approximate surface area is 375 Å². The van der Waals surface area contributed by atoms with Crippen molar-refractivity contribution in [2.75, 3.05) is 41.5 Å². The molecule has 0 aromatic heterocycles. The Hall–Kier alpha value is -2.58. The molecule has 17 heteroatoms. The number of methoxy groups -OCH3 is 2. The summed E-state index contributed by atoms with van der Waals surface area (Å²) < 4.78 is 65.1. The van der Waals surface area contributed by atoms with Crippen LogP contribution in [0.1, 0.15) is 109 Å². The van der Waals surface area contributed by atoms with Gasteiger partial charge in [-0.1, -0.05) is 39.4 Å². The van der Waals surface area contributed by atoms with Crippen LogP contribution in [0.3, 0.4) is 0 Å². The zero-order chi connectivity index (χ0) is 47.4. The van der Waals surface area contributed by atoms with Crippen LogP contribution in [-0.2, 0) is 66.6 Å². The van der Waals surface area contributed by atoms with E-state index < -0.39 is 114 Å². The summed E-state index contributed by atoms with van der Waals surface area (Å²) in [7, 11) is 7.03. The molecule has 0 saturated carbocycles. The highest BCUT2D eigenvalue weighted by atomic mass is 16.7. The van der Waals surface area contributed by atoms with Crippen molar-refractivity contribution in [2.24, 2.45) is 28.8 Å². The zero-order valence-corrected chi connectivity index (χ0v) is 40.7. The molecule has 1 N–H and O–H groups in total. The number of esters is 2. The molecular weight excluding hydrogens is 821 g/mol. The van der Waals surface area contributed by atoms with Crippen molar-refractivity contribution in [1.82, 2.24) is 4.90 Å². The second-order valence-electron chi connectivity index (χ2n) is 19.2. The highest BCUT2D eigenvalue weighted by Gasteiger charge is 2.55. The van der Waals surface area contributed by atoms with Crippen LogP contribution < -0.4 is 0 Å². The number of likely N-dealkylation sites (N-methyl/N-ethyl adjacent to an activating group) is 1. The second-order valence-corrected chi connectivity index (χ2v) is 19.2. The normalized spacial score (nSPS) is 44.2. The maximum absolute atomic E-state index is 14.8. The third-order valence-electron chi connectivity index (χ3n) is 13.6. The van der Waals surface area contributed by atoms with Crippen LogP contribution in [0.5, 0.6) is 0 Å². The summed E-state index contributed by atoms with van der Waals surface area (Å²) in [5.74, 6) is -4.73. The van der Waals surface area contributed by atoms with Gasteiger partial charge in [-0.15, -0.1) is 0 Å². The van der Waals surface area contributed by atoms with Crippen molar-refractivity contribution in [2.45, 2.75) is 193 Å². The predicted octanol–water partition coefficient (Wildman–Crippen LogP) is 4.98. The lowest BCUT2D eigenvalue weighted by atomic mass is 9.73. The van der Waals surface area contributed by atoms with Crippen LogP contribution in [0.4, 0.5) is 0 Å². The quantitative estimate of drug-likeness (QED) is 0.134. The molecule has 4 heterocycles. The molecule has 0 aromatic rings. The number of hydrogen-bond acceptors (Lipinski definition) is 17. The molecule has 4 aliphatic heterocycles. The van der Waals surface area contributed by atoms with Crippen LogP contribution >= 0.6 is 0 Å². The SMILES string of the molecule is C=C1CO[C@@H]2[C@@H](C)/C(=N\OC(C)=O)[C@H](C)C[C@@](C)(OC1)[C@H](O[C@@H]1O[C@H](C)C[C@H](N(C)C)[C@H]1OC(C)=O)[C@@H](C)[C@H](O[C@H]1C[C@@](C)(OC)[C@@H](OC)[C@H](C)O1)[C@@H](C)C(=O)O[C@H](CC)[C@@]2(C)O. The van der Waals surface area contributed by atoms with Gasteiger partial charge in [0.15, 0.2) is 18.7 Å². The van der Waals surface area contributed by atoms with Crippen LogP contribution in [0.2, 0.25) is 0 Å². The van der Waals surface area contributed by atoms with Gasteiger partial charge in [-0.05, 0) is 80.5 Å². The monoisotopic (exact) mass is 899 g/mol. The Bertz CT molecular complexity index is 1610. The standard InChI is InChI=1S/C46H78N2O15/c1-18-34-46(13,52)40-27(5)36(47-63-32(10)50)25(3)20-45(12,56-23-24(2)22-55-40)39(62-43-38(59-31(9)49)33(48(14)15)19-26(4)57-43)28(6)37(29(7)42(51)60-34)61-35-21-44(11,54-17)41(53-16)30(8)58-35/h25-30,33-35,37-41,43,52H,2,18-23H2,1,3-17H3/b47-36-/t25-,26-,27+,28+,29-,30+,33+,34-,35+,37+,38-,39-,40-,41+,43+,44-,45-,46-/m1/s1. The number of hydrogen-bond donors (Lipinski definition) is 1. The number of nitrogens with zero attached hydrogens (tertiary/aromatic N) is 2. The van der Waals surface area contributed by atoms with Crippen LogP contribution in [0.25, 0.3) is 0 Å². The summed E-state index contributed by atoms with van der Waals surface area (Å²) in [6, 6.07) is -0.286. The maximum atomic E-state index is 14.8. The summed E-state index contributed by atoms with van der Waals surface area (Å²) in [6.07, 6.45) is -6.98. The van der Waals surface area contributed by atoms with Crippen LogP contribution in [0, 0.1) is 23.7 Å². The van der Waals surface area contributed by atoms with Gasteiger partial charge in [0.1, 0.15) is 17.8 Å². The number of carbonyl (C=O) groups is 3. The molecule has 0 aromatic carbocycles. The molecule has 0 amide bonds. The van der Waals surface area contributed by atoms with Gasteiger partial charge >= 0.3 is 17.9 Å². The number of aliphatic hydroxyl groups is 1. The molecule has 0 spiro atoms. The smallest absolute Gasteiger partial charge is 0.331 e. The fraction of sp³-hybridized carbons (Fsp3) is 0.870. The third-order valence-corrected chi connectivity index (χ3v) is 13.6. The molecule has 0 radical (unpaired) electrons. The number of carbonyl (C=O) groups excluding carboxylic acids is 3. The van der Waals surface area contributed by atoms with Crippen molar-refractivity contribution in [1.29, 1.82) is 0 Å². The second kappa shape index (κ2) is 21.8. The number of ether oxygens (including phenoxy) is 10. The first kappa shape index (κ1) is 53.0. The Balaban J connectivity index is 2.04. The molecule has 0 unspecified atom stereocenters. The summed E-state index contributed by atoms with van der Waals surface area (Å²) >= 11 is 0. The van der Waals surface area contributed by atoms with E-state index in [4.69, 9.17) is 52.2 Å². The van der Waals surface area contributed by atoms with E-state index in [2.05, 4.69) is 11.7 Å². The van der Waals surface area contributed by atoms with Crippen molar-refractivity contribution in [3.8, 4) is 0 Å². The number of fused-ring (bicyclic) bond motifs is 5. The van der Waals surface area contributed by atoms with Gasteiger partial charge in [-0.25, -0.2) is 4.79 Å². The Kier molecular flexibility index (Phi) is 18.4. The highest BCUT2D eigenvalue weighted by molar-refractivity contribution is 5.89. The molecule has 362 valence electrons. The van der Waals surface area contributed by atoms with Crippen molar-refractivity contribution >= 4 is 23.6 Å². The van der Waals surface area contributed by atoms with Gasteiger partial charge in [0.25, 0.3) is 0 Å². The van der Waals surface area contributed by atoms with Crippen molar-refractivity contribution in [3.05, 3.63) is 12.2 Å². The van der Waals surface area contributed by atoms with Gasteiger partial charge in [0.05, 0.1) is 72.6 Å². The van der Waals surface area contributed by atoms with Gasteiger partial charge in [0, 0.05) is 52.2 Å². The Morgan fingerprint density at radius 3 is 2.16 bits per heavy atom. The van der Waals surface area contributed by atoms with E-state index in [0.717, 1.165) is 0 Å². The highest BCUT2D eigenvalue weighted by Crippen LogP contribution is 2.43. The minimum atomic E-state index is -1.79. The first-order chi connectivity index (χ1) is 29.3. The fourth-order valence-corrected chi connectivity index (χ4v) is 10.4. The molecule has 0 aliphatic carbocycles. The maximum Gasteiger partial charge on any atom is 0.331 e. The van der Waals surface area contributed by atoms with E-state index in [1.807, 2.05) is 74.4 Å². The largest absolute Gasteiger partial charge is 0.459 e. The lowest BCUT2D eigenvalue weighted by molar-refractivity contribution is -0.322. The molecule has 4 rings (SSSR count). The topological polar surface area (TPSA) is 189 Å². The van der Waals surface area contributed by atoms with E-state index in [9.17, 15) is 19.5 Å². The van der Waals surface area contributed by atoms with E-state index in [-0.39, 0.29) is 44.6 Å². The number of cyclic esters (lactones) is 1. The molecular formula is C46H78N2O15. The molecule has 18 atom stereocenters. The summed E-state index contributed by atoms with van der Waals surface area (Å²) in [4.78, 5) is 47.2. The lowest BCUT2D eigenvalue weighted by Crippen LogP contribution is -2.62. The van der Waals surface area contributed by atoms with Gasteiger partial charge in [-0.3, -0.25) is 9.59 Å². The molecule has 17 nitrogen and oxygen atoms in total. The van der Waals surface area contributed by atoms with Crippen molar-refractivity contribution < 1.29 is 71.7 Å². The molecule has 63 heavy (non-hydrogen) atoms. The number of oxime groups is 1. The Morgan fingerprint density at radius 1 is 0.921 bits per heavy atom. The van der Waals surface area contributed by atoms with E-state index in [1.54, 1.807) is 28.1 Å².